The summed E-state index contributed by atoms with van der Waals surface area (Å²) in [5.41, 5.74) is 7.38. The number of aryl methyl sites for hydroxylation is 1. The molecule has 1 aromatic heterocycles. The summed E-state index contributed by atoms with van der Waals surface area (Å²) < 4.78 is 6.77. The summed E-state index contributed by atoms with van der Waals surface area (Å²) in [5.74, 6) is 0.438. The van der Waals surface area contributed by atoms with Crippen LogP contribution in [0.1, 0.15) is 75.4 Å². The van der Waals surface area contributed by atoms with Crippen LogP contribution in [0.2, 0.25) is 0 Å². The lowest BCUT2D eigenvalue weighted by molar-refractivity contribution is 0.115. The van der Waals surface area contributed by atoms with Crippen LogP contribution in [0.25, 0.3) is 11.1 Å². The van der Waals surface area contributed by atoms with Crippen molar-refractivity contribution >= 4 is 27.1 Å². The second-order valence-electron chi connectivity index (χ2n) is 9.15. The van der Waals surface area contributed by atoms with Crippen molar-refractivity contribution in [2.45, 2.75) is 59.5 Å². The Kier molecular flexibility index (Phi) is 7.54. The van der Waals surface area contributed by atoms with E-state index in [1.165, 1.54) is 27.8 Å². The highest BCUT2D eigenvalue weighted by molar-refractivity contribution is 9.10. The highest BCUT2D eigenvalue weighted by Crippen LogP contribution is 2.47. The number of methoxy groups -OCH3 is 1. The fourth-order valence-corrected chi connectivity index (χ4v) is 4.87. The molecule has 0 saturated carbocycles. The van der Waals surface area contributed by atoms with Gasteiger partial charge in [0.2, 0.25) is 0 Å². The van der Waals surface area contributed by atoms with E-state index in [4.69, 9.17) is 9.72 Å². The topological polar surface area (TPSA) is 42.4 Å². The highest BCUT2D eigenvalue weighted by atomic mass is 79.9. The van der Waals surface area contributed by atoms with Gasteiger partial charge in [-0.25, -0.2) is 0 Å². The first-order chi connectivity index (χ1) is 14.3. The smallest absolute Gasteiger partial charge is 0.0968 e. The third-order valence-electron chi connectivity index (χ3n) is 6.34. The molecule has 0 spiro atoms. The van der Waals surface area contributed by atoms with Crippen LogP contribution in [0.15, 0.2) is 41.0 Å². The van der Waals surface area contributed by atoms with Gasteiger partial charge in [-0.05, 0) is 84.4 Å². The average Bonchev–Trinajstić information content (AvgIpc) is 2.89. The third-order valence-corrected chi connectivity index (χ3v) is 6.83. The van der Waals surface area contributed by atoms with Crippen LogP contribution in [-0.2, 0) is 11.2 Å². The minimum Gasteiger partial charge on any atom is -0.396 e. The molecule has 2 atom stereocenters. The van der Waals surface area contributed by atoms with Gasteiger partial charge in [0.25, 0.3) is 0 Å². The summed E-state index contributed by atoms with van der Waals surface area (Å²) in [4.78, 5) is 4.73. The Morgan fingerprint density at radius 2 is 2.03 bits per heavy atom. The largest absolute Gasteiger partial charge is 0.396 e. The molecule has 3 rings (SSSR count). The van der Waals surface area contributed by atoms with E-state index in [0.717, 1.165) is 35.8 Å². The number of aliphatic hydroxyl groups is 1. The standard InChI is InChI=1S/C26H34BrNO2/c1-6-18-9-10-19-11-12-20(27)14-22(19)23(15-26(3,4)16-29)24(18)21-8-7-13-28-25(21)17(2)30-5/h7-8,11-14,17-18,29H,6,9-10,15-16H2,1-5H3/t17-,18?/m0/s1. The second kappa shape index (κ2) is 9.76. The molecule has 0 fully saturated rings. The maximum atomic E-state index is 10.1. The number of fused-ring (bicyclic) bond motifs is 1. The van der Waals surface area contributed by atoms with Crippen LogP contribution >= 0.6 is 15.9 Å². The molecule has 0 saturated heterocycles. The zero-order valence-corrected chi connectivity index (χ0v) is 20.4. The first-order valence-corrected chi connectivity index (χ1v) is 11.7. The normalized spacial score (nSPS) is 18.2. The molecule has 1 unspecified atom stereocenters. The second-order valence-corrected chi connectivity index (χ2v) is 10.1. The van der Waals surface area contributed by atoms with E-state index in [0.29, 0.717) is 5.92 Å². The average molecular weight is 472 g/mol. The number of benzene rings is 1. The van der Waals surface area contributed by atoms with E-state index in [1.54, 1.807) is 7.11 Å². The lowest BCUT2D eigenvalue weighted by Crippen LogP contribution is -2.19. The molecule has 0 aliphatic heterocycles. The van der Waals surface area contributed by atoms with Gasteiger partial charge in [-0.3, -0.25) is 4.98 Å². The first kappa shape index (κ1) is 23.2. The number of ether oxygens (including phenoxy) is 1. The van der Waals surface area contributed by atoms with Gasteiger partial charge in [0, 0.05) is 29.9 Å². The van der Waals surface area contributed by atoms with Crippen molar-refractivity contribution in [1.82, 2.24) is 4.98 Å². The van der Waals surface area contributed by atoms with Gasteiger partial charge in [0.05, 0.1) is 11.8 Å². The van der Waals surface area contributed by atoms with Crippen molar-refractivity contribution < 1.29 is 9.84 Å². The molecular formula is C26H34BrNO2. The van der Waals surface area contributed by atoms with Crippen molar-refractivity contribution in [2.75, 3.05) is 13.7 Å². The number of allylic oxidation sites excluding steroid dienone is 2. The number of halogens is 1. The van der Waals surface area contributed by atoms with E-state index in [1.807, 2.05) is 12.3 Å². The number of hydrogen-bond donors (Lipinski definition) is 1. The molecule has 0 radical (unpaired) electrons. The van der Waals surface area contributed by atoms with E-state index >= 15 is 0 Å². The van der Waals surface area contributed by atoms with Crippen molar-refractivity contribution in [2.24, 2.45) is 11.3 Å². The van der Waals surface area contributed by atoms with Gasteiger partial charge in [-0.15, -0.1) is 0 Å². The van der Waals surface area contributed by atoms with Crippen LogP contribution < -0.4 is 0 Å². The number of nitrogens with zero attached hydrogens (tertiary/aromatic N) is 1. The van der Waals surface area contributed by atoms with Gasteiger partial charge in [-0.2, -0.15) is 0 Å². The number of aromatic nitrogens is 1. The van der Waals surface area contributed by atoms with E-state index < -0.39 is 0 Å². The maximum absolute atomic E-state index is 10.1. The summed E-state index contributed by atoms with van der Waals surface area (Å²) in [6, 6.07) is 10.9. The number of pyridine rings is 1. The first-order valence-electron chi connectivity index (χ1n) is 10.9. The Hall–Kier alpha value is -1.49. The molecule has 1 N–H and O–H groups in total. The Bertz CT molecular complexity index is 919. The molecule has 1 heterocycles. The fraction of sp³-hybridized carbons (Fsp3) is 0.500. The van der Waals surface area contributed by atoms with Gasteiger partial charge < -0.3 is 9.84 Å². The minimum atomic E-state index is -0.210. The summed E-state index contributed by atoms with van der Waals surface area (Å²) in [6.45, 7) is 8.78. The van der Waals surface area contributed by atoms with Crippen LogP contribution in [0, 0.1) is 11.3 Å². The molecule has 162 valence electrons. The summed E-state index contributed by atoms with van der Waals surface area (Å²) >= 11 is 3.69. The van der Waals surface area contributed by atoms with Gasteiger partial charge in [0.15, 0.2) is 0 Å². The molecule has 3 nitrogen and oxygen atoms in total. The third kappa shape index (κ3) is 4.87. The fourth-order valence-electron chi connectivity index (χ4n) is 4.51. The van der Waals surface area contributed by atoms with Crippen LogP contribution in [0.4, 0.5) is 0 Å². The summed E-state index contributed by atoms with van der Waals surface area (Å²) in [7, 11) is 1.74. The number of hydrogen-bond acceptors (Lipinski definition) is 3. The Morgan fingerprint density at radius 1 is 1.27 bits per heavy atom. The molecule has 0 bridgehead atoms. The monoisotopic (exact) mass is 471 g/mol. The van der Waals surface area contributed by atoms with Crippen molar-refractivity contribution in [3.63, 3.8) is 0 Å². The van der Waals surface area contributed by atoms with Gasteiger partial charge in [0.1, 0.15) is 0 Å². The quantitative estimate of drug-likeness (QED) is 0.480. The predicted molar refractivity (Wildman–Crippen MR) is 128 cm³/mol. The molecule has 30 heavy (non-hydrogen) atoms. The molecule has 4 heteroatoms. The number of rotatable bonds is 7. The number of aliphatic hydroxyl groups excluding tert-OH is 1. The lowest BCUT2D eigenvalue weighted by atomic mass is 9.77. The molecular weight excluding hydrogens is 438 g/mol. The minimum absolute atomic E-state index is 0.0801. The van der Waals surface area contributed by atoms with Crippen LogP contribution in [0.5, 0.6) is 0 Å². The van der Waals surface area contributed by atoms with Crippen molar-refractivity contribution in [3.05, 3.63) is 63.4 Å². The Morgan fingerprint density at radius 3 is 2.70 bits per heavy atom. The molecule has 1 aliphatic rings. The SMILES string of the molecule is CCC1CCc2ccc(Br)cc2C(CC(C)(C)CO)=C1c1cccnc1[C@H](C)OC. The lowest BCUT2D eigenvalue weighted by Gasteiger charge is -2.29. The van der Waals surface area contributed by atoms with E-state index in [2.05, 4.69) is 67.9 Å². The van der Waals surface area contributed by atoms with E-state index in [-0.39, 0.29) is 18.1 Å². The predicted octanol–water partition coefficient (Wildman–Crippen LogP) is 6.84. The maximum Gasteiger partial charge on any atom is 0.0968 e. The summed E-state index contributed by atoms with van der Waals surface area (Å²) in [6.07, 6.45) is 5.83. The van der Waals surface area contributed by atoms with Crippen LogP contribution in [-0.4, -0.2) is 23.8 Å². The summed E-state index contributed by atoms with van der Waals surface area (Å²) in [5, 5.41) is 10.1. The molecule has 1 aliphatic carbocycles. The highest BCUT2D eigenvalue weighted by Gasteiger charge is 2.31. The van der Waals surface area contributed by atoms with Crippen molar-refractivity contribution in [3.8, 4) is 0 Å². The zero-order valence-electron chi connectivity index (χ0n) is 18.8. The van der Waals surface area contributed by atoms with Gasteiger partial charge >= 0.3 is 0 Å². The van der Waals surface area contributed by atoms with Crippen molar-refractivity contribution in [1.29, 1.82) is 0 Å². The molecule has 2 aromatic rings. The molecule has 0 amide bonds. The Labute approximate surface area is 189 Å². The zero-order chi connectivity index (χ0) is 21.9. The Balaban J connectivity index is 2.36. The molecule has 1 aromatic carbocycles. The van der Waals surface area contributed by atoms with E-state index in [9.17, 15) is 5.11 Å². The van der Waals surface area contributed by atoms with Crippen LogP contribution in [0.3, 0.4) is 0 Å². The van der Waals surface area contributed by atoms with Gasteiger partial charge in [-0.1, -0.05) is 48.8 Å².